The van der Waals surface area contributed by atoms with Gasteiger partial charge in [0.05, 0.1) is 0 Å². The van der Waals surface area contributed by atoms with Crippen molar-refractivity contribution in [2.24, 2.45) is 11.3 Å². The molecule has 2 N–H and O–H groups in total. The first-order valence-electron chi connectivity index (χ1n) is 6.04. The van der Waals surface area contributed by atoms with Crippen molar-refractivity contribution in [2.45, 2.75) is 45.6 Å². The smallest absolute Gasteiger partial charge is 0.0494 e. The van der Waals surface area contributed by atoms with Crippen molar-refractivity contribution >= 4 is 0 Å². The number of rotatable bonds is 8. The SMILES string of the molecule is C=CCCC(NCC(C)(C)CO)C1CC1. The number of allylic oxidation sites excluding steroid dienone is 1. The van der Waals surface area contributed by atoms with Gasteiger partial charge in [0.15, 0.2) is 0 Å². The van der Waals surface area contributed by atoms with Crippen LogP contribution in [0.15, 0.2) is 12.7 Å². The summed E-state index contributed by atoms with van der Waals surface area (Å²) in [6, 6.07) is 0.633. The number of aliphatic hydroxyl groups excluding tert-OH is 1. The fourth-order valence-corrected chi connectivity index (χ4v) is 1.76. The second-order valence-electron chi connectivity index (χ2n) is 5.51. The number of aliphatic hydroxyl groups is 1. The first kappa shape index (κ1) is 12.7. The first-order chi connectivity index (χ1) is 7.09. The molecular weight excluding hydrogens is 186 g/mol. The Morgan fingerprint density at radius 1 is 1.53 bits per heavy atom. The Morgan fingerprint density at radius 3 is 2.67 bits per heavy atom. The summed E-state index contributed by atoms with van der Waals surface area (Å²) in [6.07, 6.45) is 7.01. The van der Waals surface area contributed by atoms with Crippen LogP contribution in [-0.2, 0) is 0 Å². The normalized spacial score (nSPS) is 18.9. The van der Waals surface area contributed by atoms with E-state index in [0.29, 0.717) is 6.04 Å². The van der Waals surface area contributed by atoms with Crippen LogP contribution in [0.1, 0.15) is 39.5 Å². The molecule has 0 spiro atoms. The molecule has 1 aliphatic rings. The van der Waals surface area contributed by atoms with E-state index in [1.54, 1.807) is 0 Å². The van der Waals surface area contributed by atoms with Gasteiger partial charge >= 0.3 is 0 Å². The largest absolute Gasteiger partial charge is 0.396 e. The molecule has 0 aromatic heterocycles. The average molecular weight is 211 g/mol. The predicted molar refractivity (Wildman–Crippen MR) is 64.8 cm³/mol. The maximum Gasteiger partial charge on any atom is 0.0494 e. The minimum Gasteiger partial charge on any atom is -0.396 e. The molecular formula is C13H25NO. The van der Waals surface area contributed by atoms with E-state index in [1.165, 1.54) is 19.3 Å². The monoisotopic (exact) mass is 211 g/mol. The molecule has 1 fully saturated rings. The zero-order chi connectivity index (χ0) is 11.3. The van der Waals surface area contributed by atoms with Gasteiger partial charge in [-0.2, -0.15) is 0 Å². The molecule has 0 aliphatic heterocycles. The Hall–Kier alpha value is -0.340. The second-order valence-corrected chi connectivity index (χ2v) is 5.51. The molecule has 15 heavy (non-hydrogen) atoms. The lowest BCUT2D eigenvalue weighted by Crippen LogP contribution is -2.39. The van der Waals surface area contributed by atoms with Crippen LogP contribution in [0.5, 0.6) is 0 Å². The van der Waals surface area contributed by atoms with E-state index < -0.39 is 0 Å². The van der Waals surface area contributed by atoms with Crippen molar-refractivity contribution in [1.82, 2.24) is 5.32 Å². The molecule has 1 atom stereocenters. The zero-order valence-electron chi connectivity index (χ0n) is 10.1. The summed E-state index contributed by atoms with van der Waals surface area (Å²) in [5.41, 5.74) is 0.00131. The van der Waals surface area contributed by atoms with Gasteiger partial charge in [-0.25, -0.2) is 0 Å². The van der Waals surface area contributed by atoms with Crippen molar-refractivity contribution in [3.05, 3.63) is 12.7 Å². The molecule has 1 aliphatic carbocycles. The van der Waals surface area contributed by atoms with E-state index in [2.05, 4.69) is 25.7 Å². The third kappa shape index (κ3) is 4.80. The highest BCUT2D eigenvalue weighted by Crippen LogP contribution is 2.34. The summed E-state index contributed by atoms with van der Waals surface area (Å²) >= 11 is 0. The van der Waals surface area contributed by atoms with Gasteiger partial charge in [-0.3, -0.25) is 0 Å². The number of nitrogens with one attached hydrogen (secondary N) is 1. The zero-order valence-corrected chi connectivity index (χ0v) is 10.1. The fourth-order valence-electron chi connectivity index (χ4n) is 1.76. The van der Waals surface area contributed by atoms with Crippen molar-refractivity contribution in [3.8, 4) is 0 Å². The average Bonchev–Trinajstić information content (AvgIpc) is 3.02. The lowest BCUT2D eigenvalue weighted by Gasteiger charge is -2.26. The summed E-state index contributed by atoms with van der Waals surface area (Å²) in [5, 5.41) is 12.8. The first-order valence-corrected chi connectivity index (χ1v) is 6.04. The maximum absolute atomic E-state index is 9.18. The molecule has 2 nitrogen and oxygen atoms in total. The van der Waals surface area contributed by atoms with Crippen LogP contribution >= 0.6 is 0 Å². The lowest BCUT2D eigenvalue weighted by molar-refractivity contribution is 0.151. The Balaban J connectivity index is 2.27. The van der Waals surface area contributed by atoms with Gasteiger partial charge in [-0.15, -0.1) is 6.58 Å². The van der Waals surface area contributed by atoms with Gasteiger partial charge in [-0.05, 0) is 31.6 Å². The molecule has 0 bridgehead atoms. The van der Waals surface area contributed by atoms with Crippen LogP contribution in [0, 0.1) is 11.3 Å². The summed E-state index contributed by atoms with van der Waals surface area (Å²) in [5.74, 6) is 0.874. The molecule has 0 heterocycles. The van der Waals surface area contributed by atoms with Gasteiger partial charge in [0, 0.05) is 24.6 Å². The van der Waals surface area contributed by atoms with E-state index in [4.69, 9.17) is 0 Å². The molecule has 2 heteroatoms. The number of hydrogen-bond acceptors (Lipinski definition) is 2. The molecule has 0 amide bonds. The second kappa shape index (κ2) is 5.66. The van der Waals surface area contributed by atoms with Crippen molar-refractivity contribution in [3.63, 3.8) is 0 Å². The molecule has 0 saturated heterocycles. The summed E-state index contributed by atoms with van der Waals surface area (Å²) < 4.78 is 0. The van der Waals surface area contributed by atoms with Crippen LogP contribution in [-0.4, -0.2) is 24.3 Å². The highest BCUT2D eigenvalue weighted by molar-refractivity contribution is 4.89. The lowest BCUT2D eigenvalue weighted by atomic mass is 9.94. The van der Waals surface area contributed by atoms with Crippen molar-refractivity contribution < 1.29 is 5.11 Å². The van der Waals surface area contributed by atoms with Crippen LogP contribution in [0.2, 0.25) is 0 Å². The molecule has 0 aromatic rings. The van der Waals surface area contributed by atoms with Gasteiger partial charge in [0.1, 0.15) is 0 Å². The standard InChI is InChI=1S/C13H25NO/c1-4-5-6-12(11-7-8-11)14-9-13(2,3)10-15/h4,11-12,14-15H,1,5-10H2,2-3H3. The topological polar surface area (TPSA) is 32.3 Å². The van der Waals surface area contributed by atoms with E-state index in [0.717, 1.165) is 18.9 Å². The van der Waals surface area contributed by atoms with Gasteiger partial charge < -0.3 is 10.4 Å². The van der Waals surface area contributed by atoms with Gasteiger partial charge in [-0.1, -0.05) is 19.9 Å². The Bertz CT molecular complexity index is 197. The van der Waals surface area contributed by atoms with Crippen molar-refractivity contribution in [2.75, 3.05) is 13.2 Å². The Kier molecular flexibility index (Phi) is 4.81. The van der Waals surface area contributed by atoms with E-state index in [1.807, 2.05) is 6.08 Å². The quantitative estimate of drug-likeness (QED) is 0.604. The Labute approximate surface area is 93.8 Å². The highest BCUT2D eigenvalue weighted by Gasteiger charge is 2.31. The molecule has 1 saturated carbocycles. The van der Waals surface area contributed by atoms with E-state index in [-0.39, 0.29) is 12.0 Å². The fraction of sp³-hybridized carbons (Fsp3) is 0.846. The third-order valence-electron chi connectivity index (χ3n) is 3.14. The molecule has 1 rings (SSSR count). The highest BCUT2D eigenvalue weighted by atomic mass is 16.3. The minimum atomic E-state index is 0.00131. The van der Waals surface area contributed by atoms with Crippen molar-refractivity contribution in [1.29, 1.82) is 0 Å². The van der Waals surface area contributed by atoms with Gasteiger partial charge in [0.25, 0.3) is 0 Å². The van der Waals surface area contributed by atoms with Crippen LogP contribution in [0.4, 0.5) is 0 Å². The third-order valence-corrected chi connectivity index (χ3v) is 3.14. The minimum absolute atomic E-state index is 0.00131. The van der Waals surface area contributed by atoms with E-state index >= 15 is 0 Å². The maximum atomic E-state index is 9.18. The number of hydrogen-bond donors (Lipinski definition) is 2. The van der Waals surface area contributed by atoms with Crippen LogP contribution in [0.3, 0.4) is 0 Å². The molecule has 1 unspecified atom stereocenters. The molecule has 88 valence electrons. The summed E-state index contributed by atoms with van der Waals surface area (Å²) in [4.78, 5) is 0. The predicted octanol–water partition coefficient (Wildman–Crippen LogP) is 2.34. The summed E-state index contributed by atoms with van der Waals surface area (Å²) in [6.45, 7) is 9.11. The van der Waals surface area contributed by atoms with E-state index in [9.17, 15) is 5.11 Å². The van der Waals surface area contributed by atoms with Crippen LogP contribution in [0.25, 0.3) is 0 Å². The van der Waals surface area contributed by atoms with Crippen LogP contribution < -0.4 is 5.32 Å². The van der Waals surface area contributed by atoms with Gasteiger partial charge in [0.2, 0.25) is 0 Å². The molecule has 0 radical (unpaired) electrons. The molecule has 0 aromatic carbocycles. The Morgan fingerprint density at radius 2 is 2.20 bits per heavy atom. The summed E-state index contributed by atoms with van der Waals surface area (Å²) in [7, 11) is 0.